The number of alkyl halides is 3. The van der Waals surface area contributed by atoms with Crippen molar-refractivity contribution in [3.05, 3.63) is 0 Å². The van der Waals surface area contributed by atoms with Crippen molar-refractivity contribution in [3.63, 3.8) is 0 Å². The topological polar surface area (TPSA) is 49.4 Å². The van der Waals surface area contributed by atoms with Crippen molar-refractivity contribution in [3.8, 4) is 0 Å². The molecule has 0 saturated carbocycles. The first-order valence-corrected chi connectivity index (χ1v) is 6.04. The highest BCUT2D eigenvalue weighted by Gasteiger charge is 2.47. The fourth-order valence-corrected chi connectivity index (χ4v) is 2.10. The van der Waals surface area contributed by atoms with E-state index >= 15 is 0 Å². The summed E-state index contributed by atoms with van der Waals surface area (Å²) in [7, 11) is -5.24. The van der Waals surface area contributed by atoms with Crippen LogP contribution in [0.2, 0.25) is 0 Å². The smallest absolute Gasteiger partial charge is 0.230 e. The van der Waals surface area contributed by atoms with Crippen LogP contribution in [0.1, 0.15) is 19.8 Å². The number of hydrogen-bond acceptors (Lipinski definition) is 3. The van der Waals surface area contributed by atoms with Crippen LogP contribution in [0.4, 0.5) is 13.2 Å². The fourth-order valence-electron chi connectivity index (χ4n) is 1.49. The lowest BCUT2D eigenvalue weighted by Gasteiger charge is -2.30. The van der Waals surface area contributed by atoms with E-state index in [-0.39, 0.29) is 5.92 Å². The zero-order chi connectivity index (χ0) is 11.7. The Bertz CT molecular complexity index is 315. The monoisotopic (exact) mass is 246 g/mol. The normalized spacial score (nSPS) is 25.5. The first-order valence-electron chi connectivity index (χ1n) is 4.56. The van der Waals surface area contributed by atoms with Crippen molar-refractivity contribution in [1.29, 1.82) is 0 Å². The van der Waals surface area contributed by atoms with Crippen LogP contribution in [0.25, 0.3) is 0 Å². The molecule has 1 saturated heterocycles. The van der Waals surface area contributed by atoms with Crippen molar-refractivity contribution in [1.82, 2.24) is 9.84 Å². The summed E-state index contributed by atoms with van der Waals surface area (Å²) >= 11 is 0. The molecule has 1 aliphatic rings. The van der Waals surface area contributed by atoms with Crippen LogP contribution in [0.15, 0.2) is 0 Å². The third kappa shape index (κ3) is 3.32. The molecule has 0 aromatic rings. The number of halogens is 3. The van der Waals surface area contributed by atoms with Gasteiger partial charge in [0.05, 0.1) is 0 Å². The zero-order valence-corrected chi connectivity index (χ0v) is 9.03. The van der Waals surface area contributed by atoms with Crippen molar-refractivity contribution in [2.45, 2.75) is 25.3 Å². The Hall–Kier alpha value is -0.340. The minimum Gasteiger partial charge on any atom is -0.230 e. The molecule has 1 unspecified atom stereocenters. The Kier molecular flexibility index (Phi) is 3.62. The van der Waals surface area contributed by atoms with Gasteiger partial charge in [-0.15, -0.1) is 4.83 Å². The van der Waals surface area contributed by atoms with Gasteiger partial charge in [0.1, 0.15) is 0 Å². The molecule has 1 fully saturated rings. The number of nitrogens with one attached hydrogen (secondary N) is 1. The second-order valence-electron chi connectivity index (χ2n) is 3.73. The summed E-state index contributed by atoms with van der Waals surface area (Å²) in [5, 5.41) is 1.11. The van der Waals surface area contributed by atoms with E-state index in [4.69, 9.17) is 0 Å². The molecule has 0 radical (unpaired) electrons. The maximum atomic E-state index is 12.0. The van der Waals surface area contributed by atoms with Crippen molar-refractivity contribution >= 4 is 10.0 Å². The number of nitrogens with zero attached hydrogens (tertiary/aromatic N) is 1. The van der Waals surface area contributed by atoms with E-state index in [1.165, 1.54) is 0 Å². The summed E-state index contributed by atoms with van der Waals surface area (Å²) in [6.45, 7) is 2.50. The Balaban J connectivity index is 2.62. The Morgan fingerprint density at radius 3 is 2.47 bits per heavy atom. The maximum absolute atomic E-state index is 12.0. The Morgan fingerprint density at radius 2 is 2.00 bits per heavy atom. The molecule has 4 nitrogen and oxygen atoms in total. The molecule has 0 bridgehead atoms. The van der Waals surface area contributed by atoms with Gasteiger partial charge in [-0.1, -0.05) is 6.92 Å². The Morgan fingerprint density at radius 1 is 1.40 bits per heavy atom. The molecule has 1 rings (SSSR count). The summed E-state index contributed by atoms with van der Waals surface area (Å²) in [6.07, 6.45) is 1.60. The quantitative estimate of drug-likeness (QED) is 0.793. The molecule has 0 aliphatic carbocycles. The average molecular weight is 246 g/mol. The van der Waals surface area contributed by atoms with Crippen molar-refractivity contribution in [2.24, 2.45) is 5.92 Å². The summed E-state index contributed by atoms with van der Waals surface area (Å²) in [5.41, 5.74) is -5.24. The number of sulfonamides is 1. The molecule has 1 heterocycles. The Labute approximate surface area is 86.5 Å². The summed E-state index contributed by atoms with van der Waals surface area (Å²) in [4.78, 5) is 1.55. The standard InChI is InChI=1S/C7H13F3N2O2S/c1-6-3-2-4-12(5-6)11-15(13,14)7(8,9)10/h6,11H,2-5H2,1H3. The van der Waals surface area contributed by atoms with E-state index in [1.807, 2.05) is 6.92 Å². The van der Waals surface area contributed by atoms with Crippen LogP contribution in [0.3, 0.4) is 0 Å². The lowest BCUT2D eigenvalue weighted by Crippen LogP contribution is -2.51. The van der Waals surface area contributed by atoms with Gasteiger partial charge >= 0.3 is 15.5 Å². The van der Waals surface area contributed by atoms with Crippen LogP contribution in [0.5, 0.6) is 0 Å². The molecular formula is C7H13F3N2O2S. The second-order valence-corrected chi connectivity index (χ2v) is 5.39. The molecular weight excluding hydrogens is 233 g/mol. The molecule has 90 valence electrons. The predicted octanol–water partition coefficient (Wildman–Crippen LogP) is 1.07. The molecule has 0 aromatic heterocycles. The van der Waals surface area contributed by atoms with E-state index < -0.39 is 15.5 Å². The summed E-state index contributed by atoms with van der Waals surface area (Å²) in [5.74, 6) is 0.203. The van der Waals surface area contributed by atoms with Crippen LogP contribution >= 0.6 is 0 Å². The zero-order valence-electron chi connectivity index (χ0n) is 8.21. The van der Waals surface area contributed by atoms with Gasteiger partial charge in [0.25, 0.3) is 0 Å². The van der Waals surface area contributed by atoms with Crippen molar-refractivity contribution in [2.75, 3.05) is 13.1 Å². The van der Waals surface area contributed by atoms with E-state index in [9.17, 15) is 21.6 Å². The molecule has 8 heteroatoms. The van der Waals surface area contributed by atoms with Gasteiger partial charge in [0.15, 0.2) is 0 Å². The lowest BCUT2D eigenvalue weighted by molar-refractivity contribution is -0.0477. The van der Waals surface area contributed by atoms with Gasteiger partial charge in [-0.2, -0.15) is 13.2 Å². The van der Waals surface area contributed by atoms with Crippen LogP contribution in [-0.4, -0.2) is 32.0 Å². The number of piperidine rings is 1. The SMILES string of the molecule is CC1CCCN(NS(=O)(=O)C(F)(F)F)C1. The van der Waals surface area contributed by atoms with Gasteiger partial charge < -0.3 is 0 Å². The molecule has 1 atom stereocenters. The number of rotatable bonds is 2. The van der Waals surface area contributed by atoms with E-state index in [0.29, 0.717) is 19.5 Å². The van der Waals surface area contributed by atoms with Crippen molar-refractivity contribution < 1.29 is 21.6 Å². The minimum atomic E-state index is -5.24. The van der Waals surface area contributed by atoms with Crippen LogP contribution < -0.4 is 4.83 Å². The molecule has 15 heavy (non-hydrogen) atoms. The molecule has 0 amide bonds. The van der Waals surface area contributed by atoms with Gasteiger partial charge in [0.2, 0.25) is 0 Å². The van der Waals surface area contributed by atoms with Crippen LogP contribution in [0, 0.1) is 5.92 Å². The molecule has 0 aromatic carbocycles. The fraction of sp³-hybridized carbons (Fsp3) is 1.00. The largest absolute Gasteiger partial charge is 0.512 e. The highest BCUT2D eigenvalue weighted by Crippen LogP contribution is 2.23. The van der Waals surface area contributed by atoms with Gasteiger partial charge in [-0.3, -0.25) is 0 Å². The third-order valence-electron chi connectivity index (χ3n) is 2.21. The molecule has 1 aliphatic heterocycles. The molecule has 0 spiro atoms. The van der Waals surface area contributed by atoms with Crippen LogP contribution in [-0.2, 0) is 10.0 Å². The van der Waals surface area contributed by atoms with Gasteiger partial charge in [0, 0.05) is 13.1 Å². The first kappa shape index (κ1) is 12.7. The highest BCUT2D eigenvalue weighted by molar-refractivity contribution is 7.90. The molecule has 1 N–H and O–H groups in total. The summed E-state index contributed by atoms with van der Waals surface area (Å²) in [6, 6.07) is 0. The van der Waals surface area contributed by atoms with E-state index in [2.05, 4.69) is 0 Å². The van der Waals surface area contributed by atoms with E-state index in [0.717, 1.165) is 11.4 Å². The predicted molar refractivity (Wildman–Crippen MR) is 48.1 cm³/mol. The second kappa shape index (κ2) is 4.26. The van der Waals surface area contributed by atoms with Gasteiger partial charge in [-0.05, 0) is 18.8 Å². The minimum absolute atomic E-state index is 0.203. The van der Waals surface area contributed by atoms with E-state index in [1.54, 1.807) is 4.83 Å². The maximum Gasteiger partial charge on any atom is 0.512 e. The highest BCUT2D eigenvalue weighted by atomic mass is 32.2. The average Bonchev–Trinajstić information content (AvgIpc) is 2.00. The first-order chi connectivity index (χ1) is 6.72. The lowest BCUT2D eigenvalue weighted by atomic mass is 10.0. The number of hydrazine groups is 1. The third-order valence-corrected chi connectivity index (χ3v) is 3.32. The summed E-state index contributed by atoms with van der Waals surface area (Å²) < 4.78 is 57.5. The van der Waals surface area contributed by atoms with Gasteiger partial charge in [-0.25, -0.2) is 13.4 Å². The number of hydrogen-bond donors (Lipinski definition) is 1.